The first-order valence-electron chi connectivity index (χ1n) is 2.85. The van der Waals surface area contributed by atoms with Gasteiger partial charge in [-0.1, -0.05) is 13.8 Å². The zero-order chi connectivity index (χ0) is 7.28. The van der Waals surface area contributed by atoms with Crippen molar-refractivity contribution in [2.75, 3.05) is 6.54 Å². The highest BCUT2D eigenvalue weighted by Crippen LogP contribution is 1.89. The molecule has 0 spiro atoms. The lowest BCUT2D eigenvalue weighted by atomic mass is 10.2. The zero-order valence-electron chi connectivity index (χ0n) is 5.66. The molecule has 9 heavy (non-hydrogen) atoms. The van der Waals surface area contributed by atoms with Crippen molar-refractivity contribution in [1.82, 2.24) is 0 Å². The van der Waals surface area contributed by atoms with E-state index in [9.17, 15) is 4.79 Å². The number of rotatable bonds is 3. The van der Waals surface area contributed by atoms with Gasteiger partial charge in [0.1, 0.15) is 6.21 Å². The second kappa shape index (κ2) is 4.06. The van der Waals surface area contributed by atoms with Crippen LogP contribution in [0, 0.1) is 5.92 Å². The Balaban J connectivity index is 3.36. The molecule has 0 aromatic heterocycles. The second-order valence-corrected chi connectivity index (χ2v) is 2.23. The maximum Gasteiger partial charge on any atom is 0.346 e. The van der Waals surface area contributed by atoms with E-state index in [1.807, 2.05) is 13.8 Å². The summed E-state index contributed by atoms with van der Waals surface area (Å²) in [5, 5.41) is 8.08. The zero-order valence-corrected chi connectivity index (χ0v) is 5.66. The molecule has 1 N–H and O–H groups in total. The molecule has 0 rings (SSSR count). The Morgan fingerprint density at radius 3 is 2.67 bits per heavy atom. The summed E-state index contributed by atoms with van der Waals surface area (Å²) in [6.07, 6.45) is 0.931. The van der Waals surface area contributed by atoms with Gasteiger partial charge in [0.15, 0.2) is 0 Å². The molecule has 0 fully saturated rings. The summed E-state index contributed by atoms with van der Waals surface area (Å²) >= 11 is 0. The number of carbonyl (C=O) groups is 1. The maximum absolute atomic E-state index is 9.83. The standard InChI is InChI=1S/C6H11NO2/c1-5(2)3-7-4-6(8)9/h4-5H,3H2,1-2H3,(H,8,9). The third kappa shape index (κ3) is 7.14. The predicted molar refractivity (Wildman–Crippen MR) is 35.8 cm³/mol. The molecule has 0 heterocycles. The summed E-state index contributed by atoms with van der Waals surface area (Å²) in [5.74, 6) is -0.545. The van der Waals surface area contributed by atoms with Crippen molar-refractivity contribution in [3.05, 3.63) is 0 Å². The molecule has 0 radical (unpaired) electrons. The lowest BCUT2D eigenvalue weighted by molar-refractivity contribution is -0.128. The smallest absolute Gasteiger partial charge is 0.346 e. The van der Waals surface area contributed by atoms with E-state index in [1.165, 1.54) is 0 Å². The number of carboxylic acids is 1. The Bertz CT molecular complexity index is 118. The van der Waals surface area contributed by atoms with E-state index in [2.05, 4.69) is 4.99 Å². The molecule has 0 aliphatic rings. The monoisotopic (exact) mass is 129 g/mol. The minimum atomic E-state index is -0.976. The third-order valence-electron chi connectivity index (χ3n) is 0.672. The third-order valence-corrected chi connectivity index (χ3v) is 0.672. The Hall–Kier alpha value is -0.860. The molecule has 0 aliphatic heterocycles. The van der Waals surface area contributed by atoms with E-state index in [-0.39, 0.29) is 0 Å². The van der Waals surface area contributed by atoms with Crippen molar-refractivity contribution >= 4 is 12.2 Å². The minimum Gasteiger partial charge on any atom is -0.477 e. The van der Waals surface area contributed by atoms with Gasteiger partial charge in [-0.3, -0.25) is 4.99 Å². The van der Waals surface area contributed by atoms with E-state index < -0.39 is 5.97 Å². The molecule has 0 bridgehead atoms. The number of nitrogens with zero attached hydrogens (tertiary/aromatic N) is 1. The lowest BCUT2D eigenvalue weighted by Gasteiger charge is -1.94. The number of hydrogen-bond acceptors (Lipinski definition) is 2. The summed E-state index contributed by atoms with van der Waals surface area (Å²) in [4.78, 5) is 13.5. The van der Waals surface area contributed by atoms with Gasteiger partial charge in [-0.15, -0.1) is 0 Å². The van der Waals surface area contributed by atoms with E-state index in [4.69, 9.17) is 5.11 Å². The van der Waals surface area contributed by atoms with E-state index >= 15 is 0 Å². The Morgan fingerprint density at radius 2 is 2.33 bits per heavy atom. The fourth-order valence-corrected chi connectivity index (χ4v) is 0.342. The molecule has 0 aromatic carbocycles. The van der Waals surface area contributed by atoms with Crippen LogP contribution in [0.1, 0.15) is 13.8 Å². The molecule has 3 heteroatoms. The van der Waals surface area contributed by atoms with Crippen molar-refractivity contribution in [2.24, 2.45) is 10.9 Å². The van der Waals surface area contributed by atoms with Gasteiger partial charge in [0.2, 0.25) is 0 Å². The van der Waals surface area contributed by atoms with E-state index in [0.717, 1.165) is 6.21 Å². The highest BCUT2D eigenvalue weighted by atomic mass is 16.4. The van der Waals surface area contributed by atoms with Gasteiger partial charge in [0, 0.05) is 6.54 Å². The van der Waals surface area contributed by atoms with Crippen LogP contribution in [0.3, 0.4) is 0 Å². The van der Waals surface area contributed by atoms with E-state index in [0.29, 0.717) is 12.5 Å². The van der Waals surface area contributed by atoms with Gasteiger partial charge in [-0.25, -0.2) is 4.79 Å². The second-order valence-electron chi connectivity index (χ2n) is 2.23. The van der Waals surface area contributed by atoms with Crippen LogP contribution >= 0.6 is 0 Å². The van der Waals surface area contributed by atoms with Crippen LogP contribution in [-0.4, -0.2) is 23.8 Å². The molecule has 52 valence electrons. The summed E-state index contributed by atoms with van der Waals surface area (Å²) in [6, 6.07) is 0. The van der Waals surface area contributed by atoms with Gasteiger partial charge in [-0.2, -0.15) is 0 Å². The largest absolute Gasteiger partial charge is 0.477 e. The number of hydrogen-bond donors (Lipinski definition) is 1. The summed E-state index contributed by atoms with van der Waals surface area (Å²) in [7, 11) is 0. The van der Waals surface area contributed by atoms with Gasteiger partial charge in [0.25, 0.3) is 0 Å². The molecular formula is C6H11NO2. The first-order valence-corrected chi connectivity index (χ1v) is 2.85. The quantitative estimate of drug-likeness (QED) is 0.573. The molecule has 0 aliphatic carbocycles. The fraction of sp³-hybridized carbons (Fsp3) is 0.667. The number of aliphatic carboxylic acids is 1. The van der Waals surface area contributed by atoms with Crippen LogP contribution < -0.4 is 0 Å². The van der Waals surface area contributed by atoms with Gasteiger partial charge in [-0.05, 0) is 5.92 Å². The first kappa shape index (κ1) is 8.14. The van der Waals surface area contributed by atoms with Gasteiger partial charge >= 0.3 is 5.97 Å². The molecule has 0 aromatic rings. The van der Waals surface area contributed by atoms with Crippen LogP contribution in [0.2, 0.25) is 0 Å². The van der Waals surface area contributed by atoms with Crippen LogP contribution in [-0.2, 0) is 4.79 Å². The molecule has 0 saturated heterocycles. The maximum atomic E-state index is 9.83. The van der Waals surface area contributed by atoms with Crippen molar-refractivity contribution < 1.29 is 9.90 Å². The van der Waals surface area contributed by atoms with Crippen LogP contribution in [0.25, 0.3) is 0 Å². The normalized spacial score (nSPS) is 11.0. The Morgan fingerprint density at radius 1 is 1.78 bits per heavy atom. The van der Waals surface area contributed by atoms with E-state index in [1.54, 1.807) is 0 Å². The average molecular weight is 129 g/mol. The van der Waals surface area contributed by atoms with Crippen molar-refractivity contribution in [2.45, 2.75) is 13.8 Å². The van der Waals surface area contributed by atoms with Crippen molar-refractivity contribution in [3.63, 3.8) is 0 Å². The lowest BCUT2D eigenvalue weighted by Crippen LogP contribution is -1.98. The minimum absolute atomic E-state index is 0.431. The van der Waals surface area contributed by atoms with Gasteiger partial charge in [0.05, 0.1) is 0 Å². The van der Waals surface area contributed by atoms with Crippen LogP contribution in [0.15, 0.2) is 4.99 Å². The van der Waals surface area contributed by atoms with Crippen LogP contribution in [0.5, 0.6) is 0 Å². The molecule has 0 saturated carbocycles. The summed E-state index contributed by atoms with van der Waals surface area (Å²) in [6.45, 7) is 4.56. The number of carboxylic acid groups (broad SMARTS) is 1. The average Bonchev–Trinajstić information content (AvgIpc) is 1.63. The molecule has 0 unspecified atom stereocenters. The highest BCUT2D eigenvalue weighted by Gasteiger charge is 1.89. The van der Waals surface area contributed by atoms with Crippen molar-refractivity contribution in [3.8, 4) is 0 Å². The summed E-state index contributed by atoms with van der Waals surface area (Å²) in [5.41, 5.74) is 0. The molecular weight excluding hydrogens is 118 g/mol. The Kier molecular flexibility index (Phi) is 3.67. The molecule has 3 nitrogen and oxygen atoms in total. The summed E-state index contributed by atoms with van der Waals surface area (Å²) < 4.78 is 0. The van der Waals surface area contributed by atoms with Crippen LogP contribution in [0.4, 0.5) is 0 Å². The number of aliphatic imine (C=N–C) groups is 1. The van der Waals surface area contributed by atoms with Crippen molar-refractivity contribution in [1.29, 1.82) is 0 Å². The Labute approximate surface area is 54.4 Å². The molecule has 0 amide bonds. The highest BCUT2D eigenvalue weighted by molar-refractivity contribution is 6.21. The fourth-order valence-electron chi connectivity index (χ4n) is 0.342. The topological polar surface area (TPSA) is 49.7 Å². The SMILES string of the molecule is CC(C)CN=CC(=O)O. The van der Waals surface area contributed by atoms with Gasteiger partial charge < -0.3 is 5.11 Å². The predicted octanol–water partition coefficient (Wildman–Crippen LogP) is 0.798. The first-order chi connectivity index (χ1) is 4.13. The molecule has 0 atom stereocenters.